The molecule has 1 heteroatoms. The molecule has 0 aliphatic carbocycles. The molecule has 1 saturated heterocycles. The molecular weight excluding hydrogens is 196 g/mol. The van der Waals surface area contributed by atoms with E-state index in [1.54, 1.807) is 0 Å². The minimum absolute atomic E-state index is 0.226. The third kappa shape index (κ3) is 2.01. The number of hydrogen-bond acceptors (Lipinski definition) is 1. The average Bonchev–Trinajstić information content (AvgIpc) is 2.79. The molecule has 0 amide bonds. The quantitative estimate of drug-likeness (QED) is 0.648. The van der Waals surface area contributed by atoms with E-state index in [4.69, 9.17) is 4.74 Å². The van der Waals surface area contributed by atoms with Crippen LogP contribution in [0, 0.1) is 13.8 Å². The maximum atomic E-state index is 5.59. The molecule has 0 N–H and O–H groups in total. The molecule has 1 aliphatic rings. The summed E-state index contributed by atoms with van der Waals surface area (Å²) >= 11 is 0. The highest BCUT2D eigenvalue weighted by molar-refractivity contribution is 5.43. The van der Waals surface area contributed by atoms with Crippen molar-refractivity contribution in [3.05, 3.63) is 34.4 Å². The highest BCUT2D eigenvalue weighted by Gasteiger charge is 2.38. The van der Waals surface area contributed by atoms with Gasteiger partial charge in [0.1, 0.15) is 6.10 Å². The molecule has 0 saturated carbocycles. The van der Waals surface area contributed by atoms with Gasteiger partial charge in [-0.25, -0.2) is 0 Å². The fourth-order valence-corrected chi connectivity index (χ4v) is 2.35. The minimum Gasteiger partial charge on any atom is -0.365 e. The second-order valence-electron chi connectivity index (χ2n) is 6.04. The van der Waals surface area contributed by atoms with E-state index >= 15 is 0 Å². The van der Waals surface area contributed by atoms with Gasteiger partial charge in [0.15, 0.2) is 0 Å². The zero-order valence-corrected chi connectivity index (χ0v) is 11.2. The normalized spacial score (nSPS) is 24.6. The van der Waals surface area contributed by atoms with Crippen LogP contribution in [0.5, 0.6) is 0 Å². The van der Waals surface area contributed by atoms with Gasteiger partial charge in [-0.05, 0) is 48.4 Å². The molecule has 1 fully saturated rings. The van der Waals surface area contributed by atoms with Gasteiger partial charge in [-0.3, -0.25) is 0 Å². The summed E-state index contributed by atoms with van der Waals surface area (Å²) < 4.78 is 5.59. The molecule has 0 radical (unpaired) electrons. The maximum Gasteiger partial charge on any atom is 0.109 e. The summed E-state index contributed by atoms with van der Waals surface area (Å²) in [6.45, 7) is 13.3. The third-order valence-corrected chi connectivity index (χ3v) is 3.46. The van der Waals surface area contributed by atoms with Gasteiger partial charge < -0.3 is 4.74 Å². The van der Waals surface area contributed by atoms with Crippen LogP contribution in [-0.4, -0.2) is 6.10 Å². The van der Waals surface area contributed by atoms with Gasteiger partial charge in [-0.1, -0.05) is 32.9 Å². The summed E-state index contributed by atoms with van der Waals surface area (Å²) in [6, 6.07) is 4.63. The number of aryl methyl sites for hydroxylation is 2. The lowest BCUT2D eigenvalue weighted by Crippen LogP contribution is -2.12. The monoisotopic (exact) mass is 218 g/mol. The first-order valence-electron chi connectivity index (χ1n) is 6.08. The fourth-order valence-electron chi connectivity index (χ4n) is 2.35. The van der Waals surface area contributed by atoms with Gasteiger partial charge in [0, 0.05) is 0 Å². The summed E-state index contributed by atoms with van der Waals surface area (Å²) in [7, 11) is 0. The molecule has 0 bridgehead atoms. The van der Waals surface area contributed by atoms with Crippen molar-refractivity contribution in [3.8, 4) is 0 Å². The first kappa shape index (κ1) is 11.7. The predicted molar refractivity (Wildman–Crippen MR) is 67.9 cm³/mol. The molecular formula is C15H22O. The summed E-state index contributed by atoms with van der Waals surface area (Å²) in [5.41, 5.74) is 5.79. The van der Waals surface area contributed by atoms with Crippen molar-refractivity contribution in [1.82, 2.24) is 0 Å². The van der Waals surface area contributed by atoms with Gasteiger partial charge >= 0.3 is 0 Å². The van der Waals surface area contributed by atoms with E-state index in [0.29, 0.717) is 12.2 Å². The lowest BCUT2D eigenvalue weighted by Gasteiger charge is -2.22. The molecule has 1 nitrogen and oxygen atoms in total. The van der Waals surface area contributed by atoms with Crippen LogP contribution in [0.15, 0.2) is 12.1 Å². The largest absolute Gasteiger partial charge is 0.365 e. The zero-order valence-electron chi connectivity index (χ0n) is 11.2. The van der Waals surface area contributed by atoms with Crippen LogP contribution < -0.4 is 0 Å². The van der Waals surface area contributed by atoms with Crippen LogP contribution in [-0.2, 0) is 10.2 Å². The molecule has 16 heavy (non-hydrogen) atoms. The molecule has 2 atom stereocenters. The number of epoxide rings is 1. The van der Waals surface area contributed by atoms with E-state index < -0.39 is 0 Å². The maximum absolute atomic E-state index is 5.59. The SMILES string of the molecule is Cc1cc(C(C)(C)C)cc(C)c1C1OC1C. The average molecular weight is 218 g/mol. The zero-order chi connectivity index (χ0) is 12.1. The van der Waals surface area contributed by atoms with E-state index in [-0.39, 0.29) is 5.41 Å². The van der Waals surface area contributed by atoms with E-state index in [2.05, 4.69) is 53.7 Å². The van der Waals surface area contributed by atoms with E-state index in [0.717, 1.165) is 0 Å². The van der Waals surface area contributed by atoms with Crippen LogP contribution in [0.2, 0.25) is 0 Å². The first-order chi connectivity index (χ1) is 7.30. The molecule has 2 unspecified atom stereocenters. The van der Waals surface area contributed by atoms with Crippen LogP contribution in [0.3, 0.4) is 0 Å². The Morgan fingerprint density at radius 1 is 1.06 bits per heavy atom. The number of hydrogen-bond donors (Lipinski definition) is 0. The van der Waals surface area contributed by atoms with E-state index in [1.165, 1.54) is 22.3 Å². The molecule has 88 valence electrons. The number of ether oxygens (including phenoxy) is 1. The Hall–Kier alpha value is -0.820. The van der Waals surface area contributed by atoms with Gasteiger partial charge in [0.05, 0.1) is 6.10 Å². The lowest BCUT2D eigenvalue weighted by molar-refractivity contribution is 0.382. The Kier molecular flexibility index (Phi) is 2.62. The summed E-state index contributed by atoms with van der Waals surface area (Å²) in [5, 5.41) is 0. The molecule has 1 heterocycles. The molecule has 1 aliphatic heterocycles. The Balaban J connectivity index is 2.44. The van der Waals surface area contributed by atoms with Crippen molar-refractivity contribution in [2.24, 2.45) is 0 Å². The van der Waals surface area contributed by atoms with Crippen molar-refractivity contribution in [1.29, 1.82) is 0 Å². The second kappa shape index (κ2) is 3.59. The molecule has 0 aromatic heterocycles. The predicted octanol–water partition coefficient (Wildman–Crippen LogP) is 4.06. The van der Waals surface area contributed by atoms with Crippen molar-refractivity contribution < 1.29 is 4.74 Å². The first-order valence-corrected chi connectivity index (χ1v) is 6.08. The van der Waals surface area contributed by atoms with Crippen molar-refractivity contribution in [2.45, 2.75) is 59.2 Å². The Morgan fingerprint density at radius 2 is 1.50 bits per heavy atom. The fraction of sp³-hybridized carbons (Fsp3) is 0.600. The van der Waals surface area contributed by atoms with Crippen molar-refractivity contribution in [2.75, 3.05) is 0 Å². The Labute approximate surface area is 98.8 Å². The van der Waals surface area contributed by atoms with Gasteiger partial charge in [-0.15, -0.1) is 0 Å². The van der Waals surface area contributed by atoms with E-state index in [9.17, 15) is 0 Å². The van der Waals surface area contributed by atoms with Crippen LogP contribution in [0.1, 0.15) is 56.1 Å². The van der Waals surface area contributed by atoms with E-state index in [1.807, 2.05) is 0 Å². The minimum atomic E-state index is 0.226. The Bertz CT molecular complexity index is 389. The second-order valence-corrected chi connectivity index (χ2v) is 6.04. The van der Waals surface area contributed by atoms with Crippen molar-refractivity contribution in [3.63, 3.8) is 0 Å². The van der Waals surface area contributed by atoms with Crippen LogP contribution >= 0.6 is 0 Å². The highest BCUT2D eigenvalue weighted by atomic mass is 16.6. The van der Waals surface area contributed by atoms with Gasteiger partial charge in [-0.2, -0.15) is 0 Å². The van der Waals surface area contributed by atoms with Gasteiger partial charge in [0.25, 0.3) is 0 Å². The smallest absolute Gasteiger partial charge is 0.109 e. The summed E-state index contributed by atoms with van der Waals surface area (Å²) in [4.78, 5) is 0. The van der Waals surface area contributed by atoms with Gasteiger partial charge in [0.2, 0.25) is 0 Å². The topological polar surface area (TPSA) is 12.5 Å². The number of rotatable bonds is 1. The molecule has 1 aromatic rings. The molecule has 1 aromatic carbocycles. The molecule has 0 spiro atoms. The summed E-state index contributed by atoms with van der Waals surface area (Å²) in [6.07, 6.45) is 0.743. The summed E-state index contributed by atoms with van der Waals surface area (Å²) in [5.74, 6) is 0. The molecule has 2 rings (SSSR count). The van der Waals surface area contributed by atoms with Crippen molar-refractivity contribution >= 4 is 0 Å². The highest BCUT2D eigenvalue weighted by Crippen LogP contribution is 2.42. The van der Waals surface area contributed by atoms with Crippen LogP contribution in [0.4, 0.5) is 0 Å². The standard InChI is InChI=1S/C15H22O/c1-9-7-12(15(4,5)6)8-10(2)13(9)14-11(3)16-14/h7-8,11,14H,1-6H3. The Morgan fingerprint density at radius 3 is 1.81 bits per heavy atom. The van der Waals surface area contributed by atoms with Crippen LogP contribution in [0.25, 0.3) is 0 Å². The third-order valence-electron chi connectivity index (χ3n) is 3.46. The number of benzene rings is 1. The lowest BCUT2D eigenvalue weighted by atomic mass is 9.83.